The van der Waals surface area contributed by atoms with Gasteiger partial charge in [0.1, 0.15) is 0 Å². The van der Waals surface area contributed by atoms with E-state index in [9.17, 15) is 0 Å². The molecule has 0 amide bonds. The summed E-state index contributed by atoms with van der Waals surface area (Å²) in [6.45, 7) is 21.4. The van der Waals surface area contributed by atoms with Crippen LogP contribution in [0.15, 0.2) is 0 Å². The molecule has 0 rings (SSSR count). The summed E-state index contributed by atoms with van der Waals surface area (Å²) in [7, 11) is 0. The van der Waals surface area contributed by atoms with Gasteiger partial charge in [-0.25, -0.2) is 0 Å². The standard InChI is InChI=1S/C9H27GeSi3/c1-11(2,3)10(12(4,5)6)13(7,8)9/h1-9H3. The van der Waals surface area contributed by atoms with Crippen LogP contribution in [0.25, 0.3) is 0 Å². The Labute approximate surface area is 90.9 Å². The minimum atomic E-state index is -0.767. The van der Waals surface area contributed by atoms with Crippen molar-refractivity contribution in [1.82, 2.24) is 0 Å². The quantitative estimate of drug-likeness (QED) is 0.695. The van der Waals surface area contributed by atoms with Crippen molar-refractivity contribution >= 4 is 32.2 Å². The third-order valence-electron chi connectivity index (χ3n) is 2.25. The molecule has 0 aliphatic carbocycles. The van der Waals surface area contributed by atoms with Crippen LogP contribution in [0.1, 0.15) is 0 Å². The predicted octanol–water partition coefficient (Wildman–Crippen LogP) is 3.73. The molecule has 1 radical (unpaired) electrons. The van der Waals surface area contributed by atoms with Gasteiger partial charge >= 0.3 is 91.1 Å². The maximum absolute atomic E-state index is 2.64. The molecule has 79 valence electrons. The average molecular weight is 292 g/mol. The molecule has 0 aromatic rings. The molecule has 0 heterocycles. The number of hydrogen-bond acceptors (Lipinski definition) is 0. The van der Waals surface area contributed by atoms with Gasteiger partial charge in [-0.15, -0.1) is 0 Å². The molecule has 0 aliphatic heterocycles. The van der Waals surface area contributed by atoms with Gasteiger partial charge in [-0.1, -0.05) is 0 Å². The van der Waals surface area contributed by atoms with Crippen LogP contribution in [-0.2, 0) is 0 Å². The molecule has 0 atom stereocenters. The second kappa shape index (κ2) is 3.98. The zero-order chi connectivity index (χ0) is 11.1. The van der Waals surface area contributed by atoms with E-state index in [4.69, 9.17) is 0 Å². The van der Waals surface area contributed by atoms with Crippen LogP contribution in [0.2, 0.25) is 58.9 Å². The monoisotopic (exact) mass is 293 g/mol. The first-order chi connectivity index (χ1) is 5.37. The van der Waals surface area contributed by atoms with Gasteiger partial charge < -0.3 is 0 Å². The molecular weight excluding hydrogens is 265 g/mol. The van der Waals surface area contributed by atoms with E-state index in [0.717, 1.165) is 0 Å². The van der Waals surface area contributed by atoms with Crippen molar-refractivity contribution < 1.29 is 0 Å². The van der Waals surface area contributed by atoms with Crippen LogP contribution in [-0.4, -0.2) is 32.2 Å². The van der Waals surface area contributed by atoms with Crippen LogP contribution >= 0.6 is 0 Å². The van der Waals surface area contributed by atoms with Gasteiger partial charge in [0.05, 0.1) is 0 Å². The Balaban J connectivity index is 5.02. The number of rotatable bonds is 3. The Hall–Kier alpha value is 1.19. The summed E-state index contributed by atoms with van der Waals surface area (Å²) in [5.41, 5.74) is 0. The maximum atomic E-state index is 2.64. The first-order valence-electron chi connectivity index (χ1n) is 5.25. The molecule has 0 N–H and O–H groups in total. The molecule has 0 saturated carbocycles. The summed E-state index contributed by atoms with van der Waals surface area (Å²) < 4.78 is 0. The molecule has 0 saturated heterocycles. The van der Waals surface area contributed by atoms with E-state index in [2.05, 4.69) is 58.9 Å². The second-order valence-corrected chi connectivity index (χ2v) is 66.1. The zero-order valence-electron chi connectivity index (χ0n) is 11.0. The third-order valence-corrected chi connectivity index (χ3v) is 105. The Morgan fingerprint density at radius 2 is 0.615 bits per heavy atom. The Bertz CT molecular complexity index is 137. The molecule has 0 bridgehead atoms. The van der Waals surface area contributed by atoms with Crippen LogP contribution < -0.4 is 0 Å². The summed E-state index contributed by atoms with van der Waals surface area (Å²) in [6, 6.07) is 0. The minimum absolute atomic E-state index is 0.688. The molecule has 0 aromatic heterocycles. The van der Waals surface area contributed by atoms with Gasteiger partial charge in [0.25, 0.3) is 0 Å². The summed E-state index contributed by atoms with van der Waals surface area (Å²) in [6.07, 6.45) is 0. The van der Waals surface area contributed by atoms with Crippen molar-refractivity contribution in [2.24, 2.45) is 0 Å². The Morgan fingerprint density at radius 1 is 0.462 bits per heavy atom. The van der Waals surface area contributed by atoms with E-state index >= 15 is 0 Å². The molecule has 0 spiro atoms. The molecule has 0 aliphatic rings. The fraction of sp³-hybridized carbons (Fsp3) is 1.00. The van der Waals surface area contributed by atoms with Crippen LogP contribution in [0, 0.1) is 0 Å². The topological polar surface area (TPSA) is 0 Å². The van der Waals surface area contributed by atoms with E-state index in [0.29, 0.717) is 0 Å². The first-order valence-corrected chi connectivity index (χ1v) is 25.2. The molecular formula is C9H27GeSi3. The second-order valence-electron chi connectivity index (χ2n) is 7.12. The molecule has 0 fully saturated rings. The summed E-state index contributed by atoms with van der Waals surface area (Å²) in [5, 5.41) is 0. The normalized spacial score (nSPS) is 15.2. The van der Waals surface area contributed by atoms with Crippen LogP contribution in [0.5, 0.6) is 0 Å². The van der Waals surface area contributed by atoms with E-state index in [-0.39, 0.29) is 0 Å². The van der Waals surface area contributed by atoms with Crippen molar-refractivity contribution in [1.29, 1.82) is 0 Å². The van der Waals surface area contributed by atoms with E-state index in [1.807, 2.05) is 0 Å². The van der Waals surface area contributed by atoms with Crippen molar-refractivity contribution in [2.75, 3.05) is 0 Å². The number of hydrogen-bond donors (Lipinski definition) is 0. The average Bonchev–Trinajstić information content (AvgIpc) is 1.44. The Kier molecular flexibility index (Phi) is 4.35. The van der Waals surface area contributed by atoms with Gasteiger partial charge in [-0.3, -0.25) is 0 Å². The fourth-order valence-electron chi connectivity index (χ4n) is 3.38. The fourth-order valence-corrected chi connectivity index (χ4v) is 158. The molecule has 0 nitrogen and oxygen atoms in total. The van der Waals surface area contributed by atoms with Gasteiger partial charge in [0.2, 0.25) is 0 Å². The summed E-state index contributed by atoms with van der Waals surface area (Å²) in [4.78, 5) is 0. The Morgan fingerprint density at radius 3 is 0.615 bits per heavy atom. The van der Waals surface area contributed by atoms with Gasteiger partial charge in [0, 0.05) is 0 Å². The van der Waals surface area contributed by atoms with Crippen molar-refractivity contribution in [3.8, 4) is 0 Å². The van der Waals surface area contributed by atoms with Crippen LogP contribution in [0.3, 0.4) is 0 Å². The van der Waals surface area contributed by atoms with E-state index in [1.54, 1.807) is 0 Å². The molecule has 0 aromatic carbocycles. The zero-order valence-corrected chi connectivity index (χ0v) is 16.1. The van der Waals surface area contributed by atoms with Crippen molar-refractivity contribution in [2.45, 2.75) is 58.9 Å². The van der Waals surface area contributed by atoms with E-state index < -0.39 is 32.2 Å². The molecule has 0 unspecified atom stereocenters. The summed E-state index contributed by atoms with van der Waals surface area (Å²) >= 11 is -0.688. The SMILES string of the molecule is C[Si](C)(C)[Ge]([Si](C)(C)C)[Si](C)(C)C. The molecule has 13 heavy (non-hydrogen) atoms. The molecule has 4 heteroatoms. The third kappa shape index (κ3) is 4.49. The predicted molar refractivity (Wildman–Crippen MR) is 75.8 cm³/mol. The van der Waals surface area contributed by atoms with Gasteiger partial charge in [0.15, 0.2) is 0 Å². The van der Waals surface area contributed by atoms with Crippen LogP contribution in [0.4, 0.5) is 0 Å². The van der Waals surface area contributed by atoms with Gasteiger partial charge in [-0.05, 0) is 0 Å². The van der Waals surface area contributed by atoms with Crippen molar-refractivity contribution in [3.63, 3.8) is 0 Å². The van der Waals surface area contributed by atoms with Gasteiger partial charge in [-0.2, -0.15) is 0 Å². The van der Waals surface area contributed by atoms with Crippen molar-refractivity contribution in [3.05, 3.63) is 0 Å². The van der Waals surface area contributed by atoms with E-state index in [1.165, 1.54) is 0 Å². The summed E-state index contributed by atoms with van der Waals surface area (Å²) in [5.74, 6) is 0. The first kappa shape index (κ1) is 14.2.